The highest BCUT2D eigenvalue weighted by atomic mass is 32.2. The molecule has 1 aromatic heterocycles. The fraction of sp³-hybridized carbons (Fsp3) is 0.538. The molecule has 1 aromatic rings. The molecule has 19 heavy (non-hydrogen) atoms. The highest BCUT2D eigenvalue weighted by Gasteiger charge is 2.17. The third kappa shape index (κ3) is 5.33. The van der Waals surface area contributed by atoms with Crippen molar-refractivity contribution < 1.29 is 13.5 Å². The van der Waals surface area contributed by atoms with Crippen LogP contribution in [0.1, 0.15) is 30.2 Å². The lowest BCUT2D eigenvalue weighted by atomic mass is 10.3. The van der Waals surface area contributed by atoms with Gasteiger partial charge in [-0.15, -0.1) is 11.3 Å². The van der Waals surface area contributed by atoms with Crippen molar-refractivity contribution in [3.05, 3.63) is 21.9 Å². The van der Waals surface area contributed by atoms with Crippen molar-refractivity contribution in [2.75, 3.05) is 19.4 Å². The molecule has 6 heteroatoms. The van der Waals surface area contributed by atoms with Crippen molar-refractivity contribution in [1.29, 1.82) is 0 Å². The van der Waals surface area contributed by atoms with Crippen LogP contribution < -0.4 is 0 Å². The van der Waals surface area contributed by atoms with E-state index in [0.717, 1.165) is 10.4 Å². The van der Waals surface area contributed by atoms with E-state index in [1.54, 1.807) is 7.05 Å². The number of sulfonamides is 1. The Morgan fingerprint density at radius 1 is 1.47 bits per heavy atom. The van der Waals surface area contributed by atoms with Gasteiger partial charge in [-0.25, -0.2) is 8.42 Å². The predicted octanol–water partition coefficient (Wildman–Crippen LogP) is 1.65. The lowest BCUT2D eigenvalue weighted by Crippen LogP contribution is -2.28. The largest absolute Gasteiger partial charge is 0.395 e. The predicted molar refractivity (Wildman–Crippen MR) is 78.4 cm³/mol. The second-order valence-electron chi connectivity index (χ2n) is 4.15. The summed E-state index contributed by atoms with van der Waals surface area (Å²) >= 11 is 1.50. The molecule has 0 fully saturated rings. The fourth-order valence-corrected chi connectivity index (χ4v) is 3.59. The number of rotatable bonds is 6. The molecular weight excluding hydrogens is 282 g/mol. The van der Waals surface area contributed by atoms with Gasteiger partial charge in [-0.05, 0) is 12.5 Å². The first-order valence-corrected chi connectivity index (χ1v) is 8.59. The molecule has 1 N–H and O–H groups in total. The van der Waals surface area contributed by atoms with Crippen molar-refractivity contribution in [1.82, 2.24) is 4.31 Å². The van der Waals surface area contributed by atoms with E-state index in [-0.39, 0.29) is 12.4 Å². The molecule has 0 radical (unpaired) electrons. The van der Waals surface area contributed by atoms with Gasteiger partial charge in [0.2, 0.25) is 10.0 Å². The zero-order chi connectivity index (χ0) is 14.3. The molecule has 0 aromatic carbocycles. The van der Waals surface area contributed by atoms with E-state index in [2.05, 4.69) is 11.8 Å². The standard InChI is InChI=1S/C13H19NO3S2/c1-3-8-19(16,17)14(2)10-13-9-12(11-18-13)6-4-5-7-15/h9,11,15H,3,5,7-8,10H2,1-2H3. The minimum atomic E-state index is -3.15. The van der Waals surface area contributed by atoms with Crippen molar-refractivity contribution in [2.45, 2.75) is 26.3 Å². The Morgan fingerprint density at radius 3 is 2.84 bits per heavy atom. The molecule has 0 aliphatic carbocycles. The lowest BCUT2D eigenvalue weighted by Gasteiger charge is -2.15. The third-order valence-electron chi connectivity index (χ3n) is 2.44. The van der Waals surface area contributed by atoms with Gasteiger partial charge in [0.05, 0.1) is 12.4 Å². The summed E-state index contributed by atoms with van der Waals surface area (Å²) in [6.45, 7) is 2.29. The number of hydrogen-bond acceptors (Lipinski definition) is 4. The normalized spacial score (nSPS) is 11.4. The van der Waals surface area contributed by atoms with Gasteiger partial charge >= 0.3 is 0 Å². The van der Waals surface area contributed by atoms with Crippen molar-refractivity contribution in [3.63, 3.8) is 0 Å². The maximum Gasteiger partial charge on any atom is 0.214 e. The summed E-state index contributed by atoms with van der Waals surface area (Å²) in [5.74, 6) is 5.96. The Morgan fingerprint density at radius 2 is 2.21 bits per heavy atom. The molecule has 0 amide bonds. The van der Waals surface area contributed by atoms with Crippen molar-refractivity contribution in [3.8, 4) is 11.8 Å². The number of hydrogen-bond donors (Lipinski definition) is 1. The van der Waals surface area contributed by atoms with E-state index in [1.165, 1.54) is 15.6 Å². The summed E-state index contributed by atoms with van der Waals surface area (Å²) in [6, 6.07) is 1.90. The van der Waals surface area contributed by atoms with Gasteiger partial charge in [0.25, 0.3) is 0 Å². The number of aliphatic hydroxyl groups excluding tert-OH is 1. The first kappa shape index (κ1) is 16.2. The Balaban J connectivity index is 2.67. The number of thiophene rings is 1. The highest BCUT2D eigenvalue weighted by Crippen LogP contribution is 2.17. The summed E-state index contributed by atoms with van der Waals surface area (Å²) in [7, 11) is -1.55. The van der Waals surface area contributed by atoms with Crippen LogP contribution in [0.3, 0.4) is 0 Å². The summed E-state index contributed by atoms with van der Waals surface area (Å²) in [5.41, 5.74) is 0.870. The molecule has 0 spiro atoms. The Labute approximate surface area is 119 Å². The second kappa shape index (κ2) is 7.65. The molecule has 0 aliphatic heterocycles. The van der Waals surface area contributed by atoms with Crippen LogP contribution in [0.25, 0.3) is 0 Å². The van der Waals surface area contributed by atoms with Gasteiger partial charge in [-0.3, -0.25) is 0 Å². The van der Waals surface area contributed by atoms with Crippen LogP contribution in [-0.4, -0.2) is 37.2 Å². The molecule has 0 atom stereocenters. The van der Waals surface area contributed by atoms with Gasteiger partial charge < -0.3 is 5.11 Å². The van der Waals surface area contributed by atoms with Gasteiger partial charge in [0.15, 0.2) is 0 Å². The van der Waals surface area contributed by atoms with Crippen LogP contribution in [0.5, 0.6) is 0 Å². The summed E-state index contributed by atoms with van der Waals surface area (Å²) in [6.07, 6.45) is 1.07. The summed E-state index contributed by atoms with van der Waals surface area (Å²) < 4.78 is 25.0. The average molecular weight is 301 g/mol. The molecule has 1 rings (SSSR count). The minimum absolute atomic E-state index is 0.0575. The molecule has 0 bridgehead atoms. The first-order valence-electron chi connectivity index (χ1n) is 6.10. The zero-order valence-electron chi connectivity index (χ0n) is 11.2. The smallest absolute Gasteiger partial charge is 0.214 e. The summed E-state index contributed by atoms with van der Waals surface area (Å²) in [5, 5.41) is 10.5. The lowest BCUT2D eigenvalue weighted by molar-refractivity contribution is 0.305. The number of nitrogens with zero attached hydrogens (tertiary/aromatic N) is 1. The molecule has 4 nitrogen and oxygen atoms in total. The van der Waals surface area contributed by atoms with E-state index in [9.17, 15) is 8.42 Å². The van der Waals surface area contributed by atoms with Crippen LogP contribution in [-0.2, 0) is 16.6 Å². The Hall–Kier alpha value is -0.870. The van der Waals surface area contributed by atoms with E-state index < -0.39 is 10.0 Å². The molecule has 0 saturated heterocycles. The zero-order valence-corrected chi connectivity index (χ0v) is 12.9. The molecule has 1 heterocycles. The van der Waals surface area contributed by atoms with Crippen molar-refractivity contribution >= 4 is 21.4 Å². The van der Waals surface area contributed by atoms with Gasteiger partial charge in [0.1, 0.15) is 0 Å². The summed E-state index contributed by atoms with van der Waals surface area (Å²) in [4.78, 5) is 0.968. The van der Waals surface area contributed by atoms with E-state index in [4.69, 9.17) is 5.11 Å². The average Bonchev–Trinajstić information content (AvgIpc) is 2.77. The monoisotopic (exact) mass is 301 g/mol. The molecule has 106 valence electrons. The molecule has 0 saturated carbocycles. The maximum atomic E-state index is 11.8. The highest BCUT2D eigenvalue weighted by molar-refractivity contribution is 7.89. The maximum absolute atomic E-state index is 11.8. The van der Waals surface area contributed by atoms with Gasteiger partial charge in [-0.2, -0.15) is 4.31 Å². The number of aliphatic hydroxyl groups is 1. The molecule has 0 aliphatic rings. The second-order valence-corrected chi connectivity index (χ2v) is 7.34. The Kier molecular flexibility index (Phi) is 6.52. The van der Waals surface area contributed by atoms with Crippen LogP contribution in [0.2, 0.25) is 0 Å². The van der Waals surface area contributed by atoms with Crippen LogP contribution >= 0.6 is 11.3 Å². The Bertz CT molecular complexity index is 552. The first-order chi connectivity index (χ1) is 8.99. The fourth-order valence-electron chi connectivity index (χ4n) is 1.48. The van der Waals surface area contributed by atoms with E-state index in [1.807, 2.05) is 18.4 Å². The van der Waals surface area contributed by atoms with Crippen LogP contribution in [0, 0.1) is 11.8 Å². The quantitative estimate of drug-likeness (QED) is 0.813. The van der Waals surface area contributed by atoms with Gasteiger partial charge in [0, 0.05) is 35.8 Å². The molecular formula is C13H19NO3S2. The van der Waals surface area contributed by atoms with Crippen LogP contribution in [0.4, 0.5) is 0 Å². The minimum Gasteiger partial charge on any atom is -0.395 e. The third-order valence-corrected chi connectivity index (χ3v) is 5.36. The molecule has 0 unspecified atom stereocenters. The van der Waals surface area contributed by atoms with Crippen molar-refractivity contribution in [2.24, 2.45) is 0 Å². The topological polar surface area (TPSA) is 57.6 Å². The van der Waals surface area contributed by atoms with E-state index >= 15 is 0 Å². The SMILES string of the molecule is CCCS(=O)(=O)N(C)Cc1cc(C#CCCO)cs1. The van der Waals surface area contributed by atoms with Crippen LogP contribution in [0.15, 0.2) is 11.4 Å². The van der Waals surface area contributed by atoms with Gasteiger partial charge in [-0.1, -0.05) is 18.8 Å². The van der Waals surface area contributed by atoms with E-state index in [0.29, 0.717) is 19.4 Å².